The average Bonchev–Trinajstić information content (AvgIpc) is 2.17. The highest BCUT2D eigenvalue weighted by Gasteiger charge is 2.20. The van der Waals surface area contributed by atoms with Gasteiger partial charge in [0.1, 0.15) is 0 Å². The van der Waals surface area contributed by atoms with E-state index in [-0.39, 0.29) is 6.61 Å². The van der Waals surface area contributed by atoms with E-state index in [1.165, 1.54) is 0 Å². The summed E-state index contributed by atoms with van der Waals surface area (Å²) < 4.78 is 0. The van der Waals surface area contributed by atoms with Gasteiger partial charge in [-0.25, -0.2) is 0 Å². The number of nitrogens with zero attached hydrogens (tertiary/aromatic N) is 2. The first kappa shape index (κ1) is 11.9. The lowest BCUT2D eigenvalue weighted by Crippen LogP contribution is -2.48. The number of rotatable bonds is 4. The van der Waals surface area contributed by atoms with Crippen molar-refractivity contribution >= 4 is 0 Å². The summed E-state index contributed by atoms with van der Waals surface area (Å²) in [4.78, 5) is 4.75. The number of aliphatic hydroxyl groups is 1. The standard InChI is InChI=1S/C10H23N3O/c1-10(11,9-14)3-4-13-7-5-12(2)6-8-13/h14H,3-9,11H2,1-2H3. The van der Waals surface area contributed by atoms with Crippen LogP contribution in [0.15, 0.2) is 0 Å². The Morgan fingerprint density at radius 3 is 2.36 bits per heavy atom. The molecule has 4 heteroatoms. The Bertz CT molecular complexity index is 165. The van der Waals surface area contributed by atoms with Gasteiger partial charge in [-0.15, -0.1) is 0 Å². The molecule has 0 aromatic rings. The molecule has 1 rings (SSSR count). The van der Waals surface area contributed by atoms with Gasteiger partial charge in [0.2, 0.25) is 0 Å². The summed E-state index contributed by atoms with van der Waals surface area (Å²) in [6.45, 7) is 7.50. The summed E-state index contributed by atoms with van der Waals surface area (Å²) in [6.07, 6.45) is 0.868. The second kappa shape index (κ2) is 5.07. The molecule has 1 unspecified atom stereocenters. The second-order valence-corrected chi connectivity index (χ2v) is 4.71. The van der Waals surface area contributed by atoms with Gasteiger partial charge < -0.3 is 20.6 Å². The average molecular weight is 201 g/mol. The first-order chi connectivity index (χ1) is 6.53. The molecule has 0 spiro atoms. The Balaban J connectivity index is 2.19. The van der Waals surface area contributed by atoms with Crippen molar-refractivity contribution in [2.24, 2.45) is 5.73 Å². The van der Waals surface area contributed by atoms with E-state index in [0.717, 1.165) is 39.1 Å². The van der Waals surface area contributed by atoms with Gasteiger partial charge in [0.05, 0.1) is 6.61 Å². The topological polar surface area (TPSA) is 52.7 Å². The van der Waals surface area contributed by atoms with E-state index in [0.29, 0.717) is 0 Å². The molecule has 1 saturated heterocycles. The van der Waals surface area contributed by atoms with Crippen molar-refractivity contribution in [3.05, 3.63) is 0 Å². The van der Waals surface area contributed by atoms with E-state index in [4.69, 9.17) is 10.8 Å². The molecule has 0 aliphatic carbocycles. The van der Waals surface area contributed by atoms with E-state index in [2.05, 4.69) is 16.8 Å². The minimum Gasteiger partial charge on any atom is -0.394 e. The number of hydrogen-bond acceptors (Lipinski definition) is 4. The Kier molecular flexibility index (Phi) is 4.31. The minimum absolute atomic E-state index is 0.0702. The van der Waals surface area contributed by atoms with Crippen LogP contribution in [0.1, 0.15) is 13.3 Å². The molecule has 0 saturated carbocycles. The second-order valence-electron chi connectivity index (χ2n) is 4.71. The van der Waals surface area contributed by atoms with Crippen LogP contribution in [0.5, 0.6) is 0 Å². The molecule has 1 fully saturated rings. The Morgan fingerprint density at radius 2 is 1.86 bits per heavy atom. The highest BCUT2D eigenvalue weighted by atomic mass is 16.3. The maximum Gasteiger partial charge on any atom is 0.0608 e. The van der Waals surface area contributed by atoms with Gasteiger partial charge in [-0.3, -0.25) is 0 Å². The van der Waals surface area contributed by atoms with E-state index in [1.54, 1.807) is 0 Å². The predicted molar refractivity (Wildman–Crippen MR) is 58.2 cm³/mol. The molecule has 0 aromatic carbocycles. The molecule has 0 radical (unpaired) electrons. The van der Waals surface area contributed by atoms with Crippen LogP contribution in [0.25, 0.3) is 0 Å². The van der Waals surface area contributed by atoms with Crippen molar-refractivity contribution in [3.8, 4) is 0 Å². The van der Waals surface area contributed by atoms with E-state index in [9.17, 15) is 0 Å². The van der Waals surface area contributed by atoms with Gasteiger partial charge in [0.15, 0.2) is 0 Å². The molecule has 1 aliphatic rings. The molecule has 1 aliphatic heterocycles. The zero-order chi connectivity index (χ0) is 10.6. The molecule has 4 nitrogen and oxygen atoms in total. The molecular formula is C10H23N3O. The van der Waals surface area contributed by atoms with Crippen molar-refractivity contribution in [3.63, 3.8) is 0 Å². The van der Waals surface area contributed by atoms with Crippen molar-refractivity contribution in [2.45, 2.75) is 18.9 Å². The van der Waals surface area contributed by atoms with Crippen molar-refractivity contribution in [1.82, 2.24) is 9.80 Å². The monoisotopic (exact) mass is 201 g/mol. The lowest BCUT2D eigenvalue weighted by molar-refractivity contribution is 0.130. The molecule has 14 heavy (non-hydrogen) atoms. The number of likely N-dealkylation sites (N-methyl/N-ethyl adjacent to an activating group) is 1. The predicted octanol–water partition coefficient (Wildman–Crippen LogP) is -0.666. The van der Waals surface area contributed by atoms with E-state index >= 15 is 0 Å². The van der Waals surface area contributed by atoms with Crippen LogP contribution < -0.4 is 5.73 Å². The Hall–Kier alpha value is -0.160. The van der Waals surface area contributed by atoms with Crippen LogP contribution in [-0.4, -0.2) is 66.8 Å². The van der Waals surface area contributed by atoms with Gasteiger partial charge >= 0.3 is 0 Å². The third-order valence-electron chi connectivity index (χ3n) is 2.96. The number of nitrogens with two attached hydrogens (primary N) is 1. The first-order valence-corrected chi connectivity index (χ1v) is 5.34. The summed E-state index contributed by atoms with van der Waals surface area (Å²) >= 11 is 0. The number of hydrogen-bond donors (Lipinski definition) is 2. The highest BCUT2D eigenvalue weighted by molar-refractivity contribution is 4.80. The summed E-state index contributed by atoms with van der Waals surface area (Å²) in [5, 5.41) is 9.01. The number of aliphatic hydroxyl groups excluding tert-OH is 1. The van der Waals surface area contributed by atoms with Gasteiger partial charge in [-0.05, 0) is 20.4 Å². The van der Waals surface area contributed by atoms with Crippen molar-refractivity contribution < 1.29 is 5.11 Å². The maximum absolute atomic E-state index is 9.01. The normalized spacial score (nSPS) is 24.9. The quantitative estimate of drug-likeness (QED) is 0.634. The van der Waals surface area contributed by atoms with Crippen LogP contribution in [0, 0.1) is 0 Å². The molecule has 84 valence electrons. The Labute approximate surface area is 86.7 Å². The summed E-state index contributed by atoms with van der Waals surface area (Å²) in [5.74, 6) is 0. The molecule has 0 amide bonds. The van der Waals surface area contributed by atoms with Crippen LogP contribution in [0.3, 0.4) is 0 Å². The first-order valence-electron chi connectivity index (χ1n) is 5.34. The fourth-order valence-corrected chi connectivity index (χ4v) is 1.56. The summed E-state index contributed by atoms with van der Waals surface area (Å²) in [7, 11) is 2.15. The Morgan fingerprint density at radius 1 is 1.29 bits per heavy atom. The van der Waals surface area contributed by atoms with Crippen molar-refractivity contribution in [2.75, 3.05) is 46.4 Å². The highest BCUT2D eigenvalue weighted by Crippen LogP contribution is 2.07. The van der Waals surface area contributed by atoms with E-state index < -0.39 is 5.54 Å². The molecular weight excluding hydrogens is 178 g/mol. The van der Waals surface area contributed by atoms with Crippen molar-refractivity contribution in [1.29, 1.82) is 0 Å². The third kappa shape index (κ3) is 3.92. The van der Waals surface area contributed by atoms with Gasteiger partial charge in [-0.2, -0.15) is 0 Å². The minimum atomic E-state index is -0.413. The summed E-state index contributed by atoms with van der Waals surface area (Å²) in [5.41, 5.74) is 5.46. The number of piperazine rings is 1. The molecule has 0 aromatic heterocycles. The lowest BCUT2D eigenvalue weighted by Gasteiger charge is -2.34. The molecule has 3 N–H and O–H groups in total. The zero-order valence-corrected chi connectivity index (χ0v) is 9.37. The third-order valence-corrected chi connectivity index (χ3v) is 2.96. The fourth-order valence-electron chi connectivity index (χ4n) is 1.56. The molecule has 1 atom stereocenters. The van der Waals surface area contributed by atoms with Gasteiger partial charge in [-0.1, -0.05) is 0 Å². The molecule has 0 bridgehead atoms. The maximum atomic E-state index is 9.01. The lowest BCUT2D eigenvalue weighted by atomic mass is 10.0. The largest absolute Gasteiger partial charge is 0.394 e. The van der Waals surface area contributed by atoms with Crippen LogP contribution in [0.4, 0.5) is 0 Å². The SMILES string of the molecule is CN1CCN(CCC(C)(N)CO)CC1. The van der Waals surface area contributed by atoms with Gasteiger partial charge in [0, 0.05) is 38.3 Å². The summed E-state index contributed by atoms with van der Waals surface area (Å²) in [6, 6.07) is 0. The smallest absolute Gasteiger partial charge is 0.0608 e. The molecule has 1 heterocycles. The van der Waals surface area contributed by atoms with Gasteiger partial charge in [0.25, 0.3) is 0 Å². The fraction of sp³-hybridized carbons (Fsp3) is 1.00. The van der Waals surface area contributed by atoms with Crippen LogP contribution in [0.2, 0.25) is 0 Å². The van der Waals surface area contributed by atoms with Crippen LogP contribution >= 0.6 is 0 Å². The zero-order valence-electron chi connectivity index (χ0n) is 9.37. The van der Waals surface area contributed by atoms with E-state index in [1.807, 2.05) is 6.92 Å². The van der Waals surface area contributed by atoms with Crippen LogP contribution in [-0.2, 0) is 0 Å².